The summed E-state index contributed by atoms with van der Waals surface area (Å²) in [7, 11) is 0. The number of hydrogen-bond donors (Lipinski definition) is 3. The summed E-state index contributed by atoms with van der Waals surface area (Å²) in [5, 5.41) is 4.53. The van der Waals surface area contributed by atoms with Crippen LogP contribution in [0.4, 0.5) is 4.79 Å². The lowest BCUT2D eigenvalue weighted by atomic mass is 10.1. The molecular weight excluding hydrogens is 302 g/mol. The first-order valence-corrected chi connectivity index (χ1v) is 7.61. The topological polar surface area (TPSA) is 80.1 Å². The van der Waals surface area contributed by atoms with Crippen LogP contribution < -0.4 is 11.1 Å². The van der Waals surface area contributed by atoms with E-state index < -0.39 is 11.7 Å². The first-order valence-electron chi connectivity index (χ1n) is 7.23. The van der Waals surface area contributed by atoms with Crippen LogP contribution >= 0.6 is 11.6 Å². The maximum absolute atomic E-state index is 11.8. The molecule has 0 bridgehead atoms. The van der Waals surface area contributed by atoms with E-state index in [1.807, 2.05) is 45.0 Å². The predicted molar refractivity (Wildman–Crippen MR) is 89.2 cm³/mol. The second-order valence-corrected chi connectivity index (χ2v) is 6.75. The number of aromatic amines is 1. The summed E-state index contributed by atoms with van der Waals surface area (Å²) >= 11 is 5.98. The molecule has 0 aliphatic carbocycles. The van der Waals surface area contributed by atoms with Crippen molar-refractivity contribution in [1.82, 2.24) is 10.3 Å². The molecule has 5 nitrogen and oxygen atoms in total. The molecule has 1 amide bonds. The Kier molecular flexibility index (Phi) is 4.98. The van der Waals surface area contributed by atoms with Crippen molar-refractivity contribution < 1.29 is 9.53 Å². The van der Waals surface area contributed by atoms with E-state index in [0.29, 0.717) is 18.0 Å². The molecule has 120 valence electrons. The SMILES string of the molecule is CC(C)(C)OC(=O)NC(CN)Cc1cc2cc(Cl)ccc2[nH]1. The number of nitrogens with one attached hydrogen (secondary N) is 2. The molecule has 1 atom stereocenters. The van der Waals surface area contributed by atoms with Crippen LogP contribution in [0, 0.1) is 0 Å². The molecule has 1 aromatic carbocycles. The predicted octanol–water partition coefficient (Wildman–Crippen LogP) is 3.22. The Hall–Kier alpha value is -1.72. The summed E-state index contributed by atoms with van der Waals surface area (Å²) in [6.07, 6.45) is 0.143. The minimum Gasteiger partial charge on any atom is -0.444 e. The normalized spacial score (nSPS) is 13.1. The number of alkyl carbamates (subject to hydrolysis) is 1. The van der Waals surface area contributed by atoms with Crippen LogP contribution in [0.25, 0.3) is 10.9 Å². The van der Waals surface area contributed by atoms with Gasteiger partial charge in [0, 0.05) is 40.6 Å². The molecule has 0 saturated carbocycles. The van der Waals surface area contributed by atoms with Crippen LogP contribution in [0.5, 0.6) is 0 Å². The summed E-state index contributed by atoms with van der Waals surface area (Å²) in [6, 6.07) is 7.48. The van der Waals surface area contributed by atoms with Gasteiger partial charge in [-0.15, -0.1) is 0 Å². The maximum Gasteiger partial charge on any atom is 0.407 e. The number of benzene rings is 1. The summed E-state index contributed by atoms with van der Waals surface area (Å²) in [5.41, 5.74) is 7.22. The molecule has 1 unspecified atom stereocenters. The molecule has 0 saturated heterocycles. The molecule has 0 spiro atoms. The van der Waals surface area contributed by atoms with E-state index in [4.69, 9.17) is 22.1 Å². The molecular formula is C16H22ClN3O2. The third-order valence-corrected chi connectivity index (χ3v) is 3.35. The summed E-state index contributed by atoms with van der Waals surface area (Å²) < 4.78 is 5.25. The molecule has 1 heterocycles. The Morgan fingerprint density at radius 1 is 1.41 bits per heavy atom. The van der Waals surface area contributed by atoms with Crippen molar-refractivity contribution in [3.8, 4) is 0 Å². The highest BCUT2D eigenvalue weighted by atomic mass is 35.5. The number of nitrogens with two attached hydrogens (primary N) is 1. The van der Waals surface area contributed by atoms with Gasteiger partial charge in [-0.05, 0) is 45.0 Å². The number of carbonyl (C=O) groups is 1. The Morgan fingerprint density at radius 3 is 2.77 bits per heavy atom. The number of ether oxygens (including phenoxy) is 1. The number of amides is 1. The molecule has 0 radical (unpaired) electrons. The lowest BCUT2D eigenvalue weighted by Crippen LogP contribution is -2.44. The number of halogens is 1. The van der Waals surface area contributed by atoms with Gasteiger partial charge >= 0.3 is 6.09 Å². The summed E-state index contributed by atoms with van der Waals surface area (Å²) in [4.78, 5) is 15.1. The van der Waals surface area contributed by atoms with E-state index in [1.54, 1.807) is 0 Å². The first-order chi connectivity index (χ1) is 10.3. The minimum atomic E-state index is -0.527. The second kappa shape index (κ2) is 6.58. The number of aromatic nitrogens is 1. The van der Waals surface area contributed by atoms with Gasteiger partial charge in [0.25, 0.3) is 0 Å². The number of H-pyrrole nitrogens is 1. The van der Waals surface area contributed by atoms with E-state index in [-0.39, 0.29) is 6.04 Å². The van der Waals surface area contributed by atoms with E-state index in [9.17, 15) is 4.79 Å². The average molecular weight is 324 g/mol. The van der Waals surface area contributed by atoms with E-state index in [2.05, 4.69) is 10.3 Å². The van der Waals surface area contributed by atoms with Crippen molar-refractivity contribution in [2.75, 3.05) is 6.54 Å². The van der Waals surface area contributed by atoms with Crippen molar-refractivity contribution in [3.05, 3.63) is 35.0 Å². The number of rotatable bonds is 4. The fourth-order valence-electron chi connectivity index (χ4n) is 2.21. The van der Waals surface area contributed by atoms with Crippen LogP contribution in [-0.2, 0) is 11.2 Å². The third-order valence-electron chi connectivity index (χ3n) is 3.11. The molecule has 22 heavy (non-hydrogen) atoms. The van der Waals surface area contributed by atoms with Gasteiger partial charge in [-0.1, -0.05) is 11.6 Å². The second-order valence-electron chi connectivity index (χ2n) is 6.31. The molecule has 1 aromatic heterocycles. The molecule has 4 N–H and O–H groups in total. The zero-order valence-corrected chi connectivity index (χ0v) is 13.8. The van der Waals surface area contributed by atoms with Crippen molar-refractivity contribution in [3.63, 3.8) is 0 Å². The van der Waals surface area contributed by atoms with Crippen molar-refractivity contribution in [2.24, 2.45) is 5.73 Å². The van der Waals surface area contributed by atoms with Gasteiger partial charge in [0.1, 0.15) is 5.60 Å². The van der Waals surface area contributed by atoms with Crippen molar-refractivity contribution in [2.45, 2.75) is 38.8 Å². The van der Waals surface area contributed by atoms with E-state index in [0.717, 1.165) is 16.6 Å². The lowest BCUT2D eigenvalue weighted by molar-refractivity contribution is 0.0506. The standard InChI is InChI=1S/C16H22ClN3O2/c1-16(2,3)22-15(21)20-13(9-18)8-12-7-10-6-11(17)4-5-14(10)19-12/h4-7,13,19H,8-9,18H2,1-3H3,(H,20,21). The number of hydrogen-bond acceptors (Lipinski definition) is 3. The Labute approximate surface area is 135 Å². The Bertz CT molecular complexity index is 661. The van der Waals surface area contributed by atoms with Gasteiger partial charge in [0.15, 0.2) is 0 Å². The average Bonchev–Trinajstić information content (AvgIpc) is 2.77. The van der Waals surface area contributed by atoms with Gasteiger partial charge in [-0.25, -0.2) is 4.79 Å². The highest BCUT2D eigenvalue weighted by Gasteiger charge is 2.19. The molecule has 0 aliphatic heterocycles. The summed E-state index contributed by atoms with van der Waals surface area (Å²) in [5.74, 6) is 0. The smallest absolute Gasteiger partial charge is 0.407 e. The van der Waals surface area contributed by atoms with Gasteiger partial charge in [0.05, 0.1) is 0 Å². The quantitative estimate of drug-likeness (QED) is 0.808. The fourth-order valence-corrected chi connectivity index (χ4v) is 2.39. The maximum atomic E-state index is 11.8. The van der Waals surface area contributed by atoms with Crippen LogP contribution in [0.3, 0.4) is 0 Å². The highest BCUT2D eigenvalue weighted by Crippen LogP contribution is 2.20. The first kappa shape index (κ1) is 16.6. The van der Waals surface area contributed by atoms with Crippen LogP contribution in [0.15, 0.2) is 24.3 Å². The van der Waals surface area contributed by atoms with Gasteiger partial charge in [0.2, 0.25) is 0 Å². The van der Waals surface area contributed by atoms with Crippen LogP contribution in [-0.4, -0.2) is 29.3 Å². The monoisotopic (exact) mass is 323 g/mol. The number of carbonyl (C=O) groups excluding carboxylic acids is 1. The van der Waals surface area contributed by atoms with Gasteiger partial charge in [-0.3, -0.25) is 0 Å². The molecule has 0 aliphatic rings. The van der Waals surface area contributed by atoms with Gasteiger partial charge < -0.3 is 20.8 Å². The largest absolute Gasteiger partial charge is 0.444 e. The Balaban J connectivity index is 2.03. The van der Waals surface area contributed by atoms with Crippen molar-refractivity contribution >= 4 is 28.6 Å². The fraction of sp³-hybridized carbons (Fsp3) is 0.438. The van der Waals surface area contributed by atoms with E-state index in [1.165, 1.54) is 0 Å². The summed E-state index contributed by atoms with van der Waals surface area (Å²) in [6.45, 7) is 5.80. The van der Waals surface area contributed by atoms with Crippen LogP contribution in [0.2, 0.25) is 5.02 Å². The molecule has 0 fully saturated rings. The van der Waals surface area contributed by atoms with Crippen molar-refractivity contribution in [1.29, 1.82) is 0 Å². The van der Waals surface area contributed by atoms with E-state index >= 15 is 0 Å². The minimum absolute atomic E-state index is 0.196. The third kappa shape index (κ3) is 4.64. The zero-order chi connectivity index (χ0) is 16.3. The highest BCUT2D eigenvalue weighted by molar-refractivity contribution is 6.31. The van der Waals surface area contributed by atoms with Gasteiger partial charge in [-0.2, -0.15) is 0 Å². The molecule has 6 heteroatoms. The molecule has 2 aromatic rings. The zero-order valence-electron chi connectivity index (χ0n) is 13.1. The lowest BCUT2D eigenvalue weighted by Gasteiger charge is -2.22. The number of fused-ring (bicyclic) bond motifs is 1. The molecule has 2 rings (SSSR count). The Morgan fingerprint density at radius 2 is 2.14 bits per heavy atom. The van der Waals surface area contributed by atoms with Crippen LogP contribution in [0.1, 0.15) is 26.5 Å².